The van der Waals surface area contributed by atoms with Crippen molar-refractivity contribution in [2.45, 2.75) is 0 Å². The molecule has 0 saturated heterocycles. The molecular formula is C2H9NNaO3P. The monoisotopic (exact) mass is 149 g/mol. The zero-order valence-corrected chi connectivity index (χ0v) is 5.22. The van der Waals surface area contributed by atoms with E-state index in [9.17, 15) is 4.57 Å². The molecule has 1 atom stereocenters. The minimum atomic E-state index is -2.24. The van der Waals surface area contributed by atoms with E-state index in [2.05, 4.69) is 14.6 Å². The Morgan fingerprint density at radius 3 is 2.25 bits per heavy atom. The first-order valence-electron chi connectivity index (χ1n) is 1.72. The van der Waals surface area contributed by atoms with Gasteiger partial charge in [0.05, 0.1) is 0 Å². The average Bonchev–Trinajstić information content (AvgIpc) is 1.68. The number of hydroxylamine groups is 1. The summed E-state index contributed by atoms with van der Waals surface area (Å²) in [4.78, 5) is 0. The van der Waals surface area contributed by atoms with Crippen LogP contribution >= 0.6 is 8.25 Å². The molecule has 6 heteroatoms. The van der Waals surface area contributed by atoms with Gasteiger partial charge in [0.15, 0.2) is 0 Å². The van der Waals surface area contributed by atoms with Gasteiger partial charge in [0, 0.05) is 14.2 Å². The van der Waals surface area contributed by atoms with Crippen LogP contribution in [0.5, 0.6) is 0 Å². The van der Waals surface area contributed by atoms with Crippen molar-refractivity contribution in [3.8, 4) is 0 Å². The molecule has 0 spiro atoms. The van der Waals surface area contributed by atoms with Crippen LogP contribution in [0.3, 0.4) is 0 Å². The molecule has 4 nitrogen and oxygen atoms in total. The Kier molecular flexibility index (Phi) is 12.0. The van der Waals surface area contributed by atoms with Crippen molar-refractivity contribution in [1.82, 2.24) is 5.48 Å². The van der Waals surface area contributed by atoms with E-state index in [1.54, 1.807) is 0 Å². The second-order valence-electron chi connectivity index (χ2n) is 0.760. The molecule has 8 heavy (non-hydrogen) atoms. The standard InChI is InChI=1S/C2H8NO3P.Na.H/c1-3-6-7(4)5-2;;/h3,7H,1-2H3;;. The molecule has 0 heterocycles. The van der Waals surface area contributed by atoms with Crippen LogP contribution in [-0.4, -0.2) is 43.7 Å². The summed E-state index contributed by atoms with van der Waals surface area (Å²) in [5.41, 5.74) is 2.23. The molecule has 0 saturated carbocycles. The summed E-state index contributed by atoms with van der Waals surface area (Å²) in [6.07, 6.45) is 0. The molecule has 0 aromatic rings. The van der Waals surface area contributed by atoms with Crippen LogP contribution in [0.15, 0.2) is 0 Å². The third-order valence-electron chi connectivity index (χ3n) is 0.352. The van der Waals surface area contributed by atoms with Crippen molar-refractivity contribution in [3.63, 3.8) is 0 Å². The van der Waals surface area contributed by atoms with Gasteiger partial charge in [0.2, 0.25) is 0 Å². The van der Waals surface area contributed by atoms with Crippen molar-refractivity contribution in [1.29, 1.82) is 0 Å². The molecule has 0 aliphatic carbocycles. The first kappa shape index (κ1) is 11.9. The minimum absolute atomic E-state index is 0. The molecule has 0 amide bonds. The van der Waals surface area contributed by atoms with Crippen LogP contribution in [0.4, 0.5) is 0 Å². The fourth-order valence-corrected chi connectivity index (χ4v) is 0.375. The van der Waals surface area contributed by atoms with Crippen molar-refractivity contribution in [2.24, 2.45) is 0 Å². The molecule has 1 N–H and O–H groups in total. The van der Waals surface area contributed by atoms with Gasteiger partial charge in [-0.15, -0.1) is 0 Å². The van der Waals surface area contributed by atoms with E-state index in [0.29, 0.717) is 0 Å². The van der Waals surface area contributed by atoms with Gasteiger partial charge in [-0.25, -0.2) is 4.62 Å². The van der Waals surface area contributed by atoms with Crippen LogP contribution in [0.1, 0.15) is 0 Å². The van der Waals surface area contributed by atoms with Gasteiger partial charge in [-0.2, -0.15) is 5.48 Å². The summed E-state index contributed by atoms with van der Waals surface area (Å²) in [6.45, 7) is 0. The first-order chi connectivity index (χ1) is 3.31. The molecule has 0 aliphatic rings. The van der Waals surface area contributed by atoms with Crippen LogP contribution in [-0.2, 0) is 13.7 Å². The SMILES string of the molecule is CNO[PH](=O)OC.[NaH]. The normalized spacial score (nSPS) is 12.2. The van der Waals surface area contributed by atoms with E-state index in [-0.39, 0.29) is 29.6 Å². The Morgan fingerprint density at radius 1 is 1.62 bits per heavy atom. The van der Waals surface area contributed by atoms with Gasteiger partial charge in [0.1, 0.15) is 0 Å². The molecule has 0 fully saturated rings. The Balaban J connectivity index is 0. The Morgan fingerprint density at radius 2 is 2.12 bits per heavy atom. The predicted molar refractivity (Wildman–Crippen MR) is 33.3 cm³/mol. The first-order valence-corrected chi connectivity index (χ1v) is 2.95. The molecule has 46 valence electrons. The van der Waals surface area contributed by atoms with Gasteiger partial charge in [-0.05, 0) is 0 Å². The van der Waals surface area contributed by atoms with Crippen LogP contribution in [0, 0.1) is 0 Å². The van der Waals surface area contributed by atoms with Gasteiger partial charge in [0.25, 0.3) is 0 Å². The molecule has 0 aliphatic heterocycles. The molecule has 0 aromatic heterocycles. The van der Waals surface area contributed by atoms with Gasteiger partial charge in [-0.3, -0.25) is 4.57 Å². The van der Waals surface area contributed by atoms with Crippen molar-refractivity contribution in [3.05, 3.63) is 0 Å². The fourth-order valence-electron chi connectivity index (χ4n) is 0.125. The average molecular weight is 149 g/mol. The molecule has 0 bridgehead atoms. The zero-order valence-electron chi connectivity index (χ0n) is 4.22. The van der Waals surface area contributed by atoms with Gasteiger partial charge >= 0.3 is 37.8 Å². The molecule has 0 radical (unpaired) electrons. The topological polar surface area (TPSA) is 47.6 Å². The van der Waals surface area contributed by atoms with Gasteiger partial charge in [-0.1, -0.05) is 0 Å². The van der Waals surface area contributed by atoms with Crippen LogP contribution in [0.2, 0.25) is 0 Å². The van der Waals surface area contributed by atoms with Crippen LogP contribution < -0.4 is 5.48 Å². The maximum absolute atomic E-state index is 10.1. The molecular weight excluding hydrogens is 140 g/mol. The van der Waals surface area contributed by atoms with Gasteiger partial charge < -0.3 is 4.52 Å². The van der Waals surface area contributed by atoms with Crippen molar-refractivity contribution >= 4 is 37.8 Å². The fraction of sp³-hybridized carbons (Fsp3) is 1.00. The summed E-state index contributed by atoms with van der Waals surface area (Å²) in [7, 11) is 0.593. The molecule has 0 aromatic carbocycles. The number of hydrogen-bond acceptors (Lipinski definition) is 4. The summed E-state index contributed by atoms with van der Waals surface area (Å²) >= 11 is 0. The number of nitrogens with one attached hydrogen (secondary N) is 1. The summed E-state index contributed by atoms with van der Waals surface area (Å²) < 4.78 is 18.6. The third-order valence-corrected chi connectivity index (χ3v) is 1.06. The van der Waals surface area contributed by atoms with E-state index >= 15 is 0 Å². The van der Waals surface area contributed by atoms with E-state index in [4.69, 9.17) is 0 Å². The Bertz CT molecular complexity index is 70.3. The third kappa shape index (κ3) is 7.11. The predicted octanol–water partition coefficient (Wildman–Crippen LogP) is -0.475. The molecule has 1 unspecified atom stereocenters. The second kappa shape index (κ2) is 8.11. The molecule has 0 rings (SSSR count). The second-order valence-corrected chi connectivity index (χ2v) is 1.87. The van der Waals surface area contributed by atoms with Crippen molar-refractivity contribution in [2.75, 3.05) is 14.2 Å². The number of rotatable bonds is 3. The summed E-state index contributed by atoms with van der Waals surface area (Å²) in [5.74, 6) is 0. The van der Waals surface area contributed by atoms with E-state index < -0.39 is 8.25 Å². The van der Waals surface area contributed by atoms with E-state index in [1.807, 2.05) is 0 Å². The quantitative estimate of drug-likeness (QED) is 0.334. The number of hydrogen-bond donors (Lipinski definition) is 1. The van der Waals surface area contributed by atoms with E-state index in [0.717, 1.165) is 0 Å². The van der Waals surface area contributed by atoms with Crippen molar-refractivity contribution < 1.29 is 13.7 Å². The Labute approximate surface area is 71.1 Å². The summed E-state index contributed by atoms with van der Waals surface area (Å²) in [6, 6.07) is 0. The Hall–Kier alpha value is 1.11. The zero-order chi connectivity index (χ0) is 5.70. The van der Waals surface area contributed by atoms with E-state index in [1.165, 1.54) is 14.2 Å². The maximum atomic E-state index is 10.1. The summed E-state index contributed by atoms with van der Waals surface area (Å²) in [5, 5.41) is 0. The van der Waals surface area contributed by atoms with Crippen LogP contribution in [0.25, 0.3) is 0 Å².